The van der Waals surface area contributed by atoms with Crippen molar-refractivity contribution in [1.29, 1.82) is 0 Å². The number of pyridine rings is 1. The van der Waals surface area contributed by atoms with Gasteiger partial charge in [-0.1, -0.05) is 43.4 Å². The lowest BCUT2D eigenvalue weighted by atomic mass is 10.1. The second-order valence-corrected chi connectivity index (χ2v) is 10.3. The Morgan fingerprint density at radius 1 is 1.00 bits per heavy atom. The summed E-state index contributed by atoms with van der Waals surface area (Å²) >= 11 is 0. The highest BCUT2D eigenvalue weighted by Crippen LogP contribution is 2.16. The Morgan fingerprint density at radius 3 is 2.39 bits per heavy atom. The molecule has 1 aromatic carbocycles. The summed E-state index contributed by atoms with van der Waals surface area (Å²) < 4.78 is 0. The van der Waals surface area contributed by atoms with Gasteiger partial charge in [-0.3, -0.25) is 4.98 Å². The Labute approximate surface area is 111 Å². The molecule has 0 spiro atoms. The van der Waals surface area contributed by atoms with Gasteiger partial charge in [0.25, 0.3) is 0 Å². The average molecular weight is 255 g/mol. The second-order valence-electron chi connectivity index (χ2n) is 5.53. The fraction of sp³-hybridized carbons (Fsp3) is 0.312. The van der Waals surface area contributed by atoms with Crippen LogP contribution in [-0.2, 0) is 6.42 Å². The van der Waals surface area contributed by atoms with Crippen LogP contribution >= 0.6 is 0 Å². The molecule has 0 amide bonds. The normalized spacial score (nSPS) is 11.5. The van der Waals surface area contributed by atoms with Gasteiger partial charge in [-0.15, -0.1) is 0 Å². The molecule has 0 unspecified atom stereocenters. The Balaban J connectivity index is 2.08. The first-order valence-corrected chi connectivity index (χ1v) is 9.76. The fourth-order valence-corrected chi connectivity index (χ4v) is 4.35. The SMILES string of the molecule is Cc1ccccc1CC[Si](C)(C)c1ccccn1. The number of nitrogens with zero attached hydrogens (tertiary/aromatic N) is 1. The van der Waals surface area contributed by atoms with Crippen molar-refractivity contribution >= 4 is 13.4 Å². The van der Waals surface area contributed by atoms with E-state index in [1.165, 1.54) is 28.9 Å². The molecule has 0 aliphatic heterocycles. The molecule has 1 aromatic heterocycles. The van der Waals surface area contributed by atoms with E-state index in [4.69, 9.17) is 0 Å². The molecule has 0 fully saturated rings. The van der Waals surface area contributed by atoms with E-state index >= 15 is 0 Å². The van der Waals surface area contributed by atoms with E-state index in [0.29, 0.717) is 0 Å². The quantitative estimate of drug-likeness (QED) is 0.761. The van der Waals surface area contributed by atoms with Crippen molar-refractivity contribution in [2.75, 3.05) is 0 Å². The van der Waals surface area contributed by atoms with Gasteiger partial charge in [0.05, 0.1) is 0 Å². The summed E-state index contributed by atoms with van der Waals surface area (Å²) in [5, 5.41) is 1.32. The van der Waals surface area contributed by atoms with Gasteiger partial charge >= 0.3 is 0 Å². The topological polar surface area (TPSA) is 12.9 Å². The molecule has 0 bridgehead atoms. The standard InChI is InChI=1S/C16H21NSi/c1-14-8-4-5-9-15(14)11-13-18(2,3)16-10-6-7-12-17-16/h4-10,12H,11,13H2,1-3H3. The van der Waals surface area contributed by atoms with Gasteiger partial charge in [-0.05, 0) is 42.6 Å². The maximum atomic E-state index is 4.55. The molecule has 0 aliphatic rings. The minimum atomic E-state index is -1.40. The third-order valence-electron chi connectivity index (χ3n) is 3.64. The lowest BCUT2D eigenvalue weighted by Crippen LogP contribution is -2.43. The first-order valence-electron chi connectivity index (χ1n) is 6.55. The highest BCUT2D eigenvalue weighted by atomic mass is 28.3. The molecule has 0 atom stereocenters. The van der Waals surface area contributed by atoms with Crippen LogP contribution in [0.3, 0.4) is 0 Å². The molecule has 94 valence electrons. The number of benzene rings is 1. The summed E-state index contributed by atoms with van der Waals surface area (Å²) in [6.07, 6.45) is 3.08. The Bertz CT molecular complexity index is 506. The number of aromatic nitrogens is 1. The van der Waals surface area contributed by atoms with Crippen molar-refractivity contribution in [2.45, 2.75) is 32.5 Å². The Kier molecular flexibility index (Phi) is 3.97. The van der Waals surface area contributed by atoms with E-state index in [2.05, 4.69) is 61.4 Å². The molecular formula is C16H21NSi. The zero-order valence-electron chi connectivity index (χ0n) is 11.5. The molecule has 0 saturated carbocycles. The largest absolute Gasteiger partial charge is 0.266 e. The van der Waals surface area contributed by atoms with E-state index in [1.54, 1.807) is 0 Å². The van der Waals surface area contributed by atoms with Crippen molar-refractivity contribution in [1.82, 2.24) is 4.98 Å². The van der Waals surface area contributed by atoms with Gasteiger partial charge in [0.2, 0.25) is 0 Å². The molecule has 2 aromatic rings. The predicted molar refractivity (Wildman–Crippen MR) is 81.0 cm³/mol. The van der Waals surface area contributed by atoms with Crippen LogP contribution in [0.15, 0.2) is 48.7 Å². The minimum Gasteiger partial charge on any atom is -0.266 e. The molecule has 1 heterocycles. The lowest BCUT2D eigenvalue weighted by Gasteiger charge is -2.21. The van der Waals surface area contributed by atoms with Crippen LogP contribution in [0, 0.1) is 6.92 Å². The van der Waals surface area contributed by atoms with Crippen LogP contribution in [0.4, 0.5) is 0 Å². The number of aryl methyl sites for hydroxylation is 2. The van der Waals surface area contributed by atoms with Crippen molar-refractivity contribution < 1.29 is 0 Å². The average Bonchev–Trinajstić information content (AvgIpc) is 2.39. The predicted octanol–water partition coefficient (Wildman–Crippen LogP) is 3.55. The highest BCUT2D eigenvalue weighted by molar-refractivity contribution is 6.89. The zero-order chi connectivity index (χ0) is 13.0. The molecular weight excluding hydrogens is 234 g/mol. The summed E-state index contributed by atoms with van der Waals surface area (Å²) in [6, 6.07) is 16.2. The van der Waals surface area contributed by atoms with Crippen molar-refractivity contribution in [3.8, 4) is 0 Å². The first kappa shape index (κ1) is 13.0. The maximum Gasteiger partial charge on any atom is 0.105 e. The van der Waals surface area contributed by atoms with Crippen molar-refractivity contribution in [3.05, 3.63) is 59.8 Å². The summed E-state index contributed by atoms with van der Waals surface area (Å²) in [5.41, 5.74) is 2.89. The van der Waals surface area contributed by atoms with E-state index in [9.17, 15) is 0 Å². The van der Waals surface area contributed by atoms with Crippen molar-refractivity contribution in [3.63, 3.8) is 0 Å². The number of rotatable bonds is 4. The van der Waals surface area contributed by atoms with Gasteiger partial charge in [0.15, 0.2) is 0 Å². The zero-order valence-corrected chi connectivity index (χ0v) is 12.5. The smallest absolute Gasteiger partial charge is 0.105 e. The lowest BCUT2D eigenvalue weighted by molar-refractivity contribution is 1.07. The molecule has 2 heteroatoms. The van der Waals surface area contributed by atoms with Crippen LogP contribution in [0.1, 0.15) is 11.1 Å². The van der Waals surface area contributed by atoms with Gasteiger partial charge in [-0.2, -0.15) is 0 Å². The van der Waals surface area contributed by atoms with Crippen molar-refractivity contribution in [2.24, 2.45) is 0 Å². The molecule has 1 nitrogen and oxygen atoms in total. The van der Waals surface area contributed by atoms with E-state index in [1.807, 2.05) is 12.3 Å². The van der Waals surface area contributed by atoms with Crippen LogP contribution in [-0.4, -0.2) is 13.1 Å². The summed E-state index contributed by atoms with van der Waals surface area (Å²) in [4.78, 5) is 4.55. The van der Waals surface area contributed by atoms with Gasteiger partial charge in [-0.25, -0.2) is 0 Å². The van der Waals surface area contributed by atoms with E-state index < -0.39 is 8.07 Å². The molecule has 0 N–H and O–H groups in total. The number of hydrogen-bond acceptors (Lipinski definition) is 1. The van der Waals surface area contributed by atoms with Crippen LogP contribution in [0.25, 0.3) is 0 Å². The molecule has 2 rings (SSSR count). The minimum absolute atomic E-state index is 1.17. The highest BCUT2D eigenvalue weighted by Gasteiger charge is 2.24. The third kappa shape index (κ3) is 3.08. The maximum absolute atomic E-state index is 4.55. The van der Waals surface area contributed by atoms with E-state index in [0.717, 1.165) is 0 Å². The van der Waals surface area contributed by atoms with E-state index in [-0.39, 0.29) is 0 Å². The Hall–Kier alpha value is -1.41. The van der Waals surface area contributed by atoms with Gasteiger partial charge < -0.3 is 0 Å². The molecule has 18 heavy (non-hydrogen) atoms. The van der Waals surface area contributed by atoms with Crippen LogP contribution < -0.4 is 5.32 Å². The van der Waals surface area contributed by atoms with Gasteiger partial charge in [0.1, 0.15) is 8.07 Å². The molecule has 0 radical (unpaired) electrons. The molecule has 0 saturated heterocycles. The van der Waals surface area contributed by atoms with Gasteiger partial charge in [0, 0.05) is 11.5 Å². The monoisotopic (exact) mass is 255 g/mol. The van der Waals surface area contributed by atoms with Crippen LogP contribution in [0.5, 0.6) is 0 Å². The third-order valence-corrected chi connectivity index (χ3v) is 6.82. The fourth-order valence-electron chi connectivity index (χ4n) is 2.23. The Morgan fingerprint density at radius 2 is 1.72 bits per heavy atom. The molecule has 0 aliphatic carbocycles. The summed E-state index contributed by atoms with van der Waals surface area (Å²) in [5.74, 6) is 0. The summed E-state index contributed by atoms with van der Waals surface area (Å²) in [6.45, 7) is 7.02. The first-order chi connectivity index (χ1) is 8.59. The summed E-state index contributed by atoms with van der Waals surface area (Å²) in [7, 11) is -1.40. The van der Waals surface area contributed by atoms with Crippen LogP contribution in [0.2, 0.25) is 19.1 Å². The second kappa shape index (κ2) is 5.49. The number of hydrogen-bond donors (Lipinski definition) is 0.